The van der Waals surface area contributed by atoms with Crippen molar-refractivity contribution in [3.05, 3.63) is 41.1 Å². The van der Waals surface area contributed by atoms with E-state index in [0.29, 0.717) is 11.9 Å². The average Bonchev–Trinajstić information content (AvgIpc) is 2.53. The van der Waals surface area contributed by atoms with Gasteiger partial charge in [-0.2, -0.15) is 4.98 Å². The molecule has 0 amide bonds. The summed E-state index contributed by atoms with van der Waals surface area (Å²) in [5, 5.41) is 6.75. The van der Waals surface area contributed by atoms with Gasteiger partial charge in [0, 0.05) is 37.7 Å². The molecule has 2 rings (SSSR count). The van der Waals surface area contributed by atoms with E-state index in [1.54, 1.807) is 7.11 Å². The summed E-state index contributed by atoms with van der Waals surface area (Å²) in [6.07, 6.45) is 0.922. The van der Waals surface area contributed by atoms with Gasteiger partial charge in [0.2, 0.25) is 5.95 Å². The van der Waals surface area contributed by atoms with Crippen LogP contribution in [0.3, 0.4) is 0 Å². The van der Waals surface area contributed by atoms with Crippen LogP contribution in [0.5, 0.6) is 0 Å². The molecule has 24 heavy (non-hydrogen) atoms. The second kappa shape index (κ2) is 8.64. The lowest BCUT2D eigenvalue weighted by molar-refractivity contribution is 0.197. The highest BCUT2D eigenvalue weighted by atomic mass is 16.5. The first-order valence-electron chi connectivity index (χ1n) is 8.46. The van der Waals surface area contributed by atoms with Crippen molar-refractivity contribution in [2.75, 3.05) is 30.9 Å². The van der Waals surface area contributed by atoms with E-state index in [1.165, 1.54) is 11.1 Å². The summed E-state index contributed by atoms with van der Waals surface area (Å²) in [5.74, 6) is 1.91. The molecule has 0 unspecified atom stereocenters. The molecule has 130 valence electrons. The molecule has 1 heterocycles. The van der Waals surface area contributed by atoms with Crippen LogP contribution in [0.4, 0.5) is 17.5 Å². The molecule has 2 aromatic rings. The lowest BCUT2D eigenvalue weighted by Gasteiger charge is -2.17. The third-order valence-electron chi connectivity index (χ3n) is 3.84. The topological polar surface area (TPSA) is 59.1 Å². The van der Waals surface area contributed by atoms with Crippen LogP contribution >= 0.6 is 0 Å². The van der Waals surface area contributed by atoms with Gasteiger partial charge in [0.25, 0.3) is 0 Å². The van der Waals surface area contributed by atoms with E-state index in [4.69, 9.17) is 4.74 Å². The minimum absolute atomic E-state index is 0.446. The lowest BCUT2D eigenvalue weighted by Crippen LogP contribution is -2.10. The van der Waals surface area contributed by atoms with Crippen LogP contribution in [0.2, 0.25) is 0 Å². The Labute approximate surface area is 144 Å². The number of anilines is 3. The van der Waals surface area contributed by atoms with Crippen LogP contribution in [0, 0.1) is 13.8 Å². The molecule has 0 spiro atoms. The zero-order valence-electron chi connectivity index (χ0n) is 15.3. The zero-order chi connectivity index (χ0) is 17.5. The number of hydrogen-bond acceptors (Lipinski definition) is 5. The lowest BCUT2D eigenvalue weighted by atomic mass is 9.98. The molecule has 0 aliphatic rings. The van der Waals surface area contributed by atoms with Gasteiger partial charge in [0.1, 0.15) is 5.82 Å². The zero-order valence-corrected chi connectivity index (χ0v) is 15.3. The minimum Gasteiger partial charge on any atom is -0.385 e. The van der Waals surface area contributed by atoms with Crippen LogP contribution in [-0.2, 0) is 4.74 Å². The number of benzene rings is 1. The van der Waals surface area contributed by atoms with Gasteiger partial charge in [-0.15, -0.1) is 0 Å². The van der Waals surface area contributed by atoms with Crippen LogP contribution in [0.15, 0.2) is 24.3 Å². The Hall–Kier alpha value is -2.14. The maximum Gasteiger partial charge on any atom is 0.224 e. The molecule has 0 bridgehead atoms. The van der Waals surface area contributed by atoms with Gasteiger partial charge in [0.15, 0.2) is 0 Å². The molecular weight excluding hydrogens is 300 g/mol. The number of methoxy groups -OCH3 is 1. The van der Waals surface area contributed by atoms with Crippen molar-refractivity contribution >= 4 is 17.5 Å². The first kappa shape index (κ1) is 18.2. The van der Waals surface area contributed by atoms with Gasteiger partial charge < -0.3 is 15.4 Å². The summed E-state index contributed by atoms with van der Waals surface area (Å²) in [6, 6.07) is 8.35. The number of para-hydroxylation sites is 1. The third-order valence-corrected chi connectivity index (χ3v) is 3.84. The van der Waals surface area contributed by atoms with Gasteiger partial charge in [0.05, 0.1) is 0 Å². The monoisotopic (exact) mass is 328 g/mol. The molecule has 0 saturated carbocycles. The molecule has 0 radical (unpaired) electrons. The Morgan fingerprint density at radius 2 is 1.96 bits per heavy atom. The summed E-state index contributed by atoms with van der Waals surface area (Å²) >= 11 is 0. The molecule has 0 atom stereocenters. The average molecular weight is 328 g/mol. The fraction of sp³-hybridized carbons (Fsp3) is 0.474. The summed E-state index contributed by atoms with van der Waals surface area (Å²) in [7, 11) is 1.71. The normalized spacial score (nSPS) is 10.9. The molecule has 5 nitrogen and oxygen atoms in total. The molecule has 2 N–H and O–H groups in total. The van der Waals surface area contributed by atoms with Gasteiger partial charge in [-0.3, -0.25) is 0 Å². The van der Waals surface area contributed by atoms with Crippen molar-refractivity contribution < 1.29 is 4.74 Å². The number of aryl methyl sites for hydroxylation is 2. The van der Waals surface area contributed by atoms with Crippen molar-refractivity contribution in [1.82, 2.24) is 9.97 Å². The minimum atomic E-state index is 0.446. The van der Waals surface area contributed by atoms with Gasteiger partial charge in [-0.25, -0.2) is 4.98 Å². The molecule has 0 saturated heterocycles. The Morgan fingerprint density at radius 1 is 1.17 bits per heavy atom. The van der Waals surface area contributed by atoms with Gasteiger partial charge in [-0.1, -0.05) is 32.0 Å². The van der Waals surface area contributed by atoms with Crippen molar-refractivity contribution in [2.45, 2.75) is 40.0 Å². The second-order valence-corrected chi connectivity index (χ2v) is 6.31. The number of rotatable bonds is 8. The van der Waals surface area contributed by atoms with E-state index in [1.807, 2.05) is 13.0 Å². The second-order valence-electron chi connectivity index (χ2n) is 6.31. The Bertz CT molecular complexity index is 670. The number of nitrogens with zero attached hydrogens (tertiary/aromatic N) is 2. The summed E-state index contributed by atoms with van der Waals surface area (Å²) < 4.78 is 5.06. The first-order valence-corrected chi connectivity index (χ1v) is 8.46. The number of ether oxygens (including phenoxy) is 1. The number of aromatic nitrogens is 2. The van der Waals surface area contributed by atoms with E-state index >= 15 is 0 Å². The first-order chi connectivity index (χ1) is 11.5. The highest BCUT2D eigenvalue weighted by molar-refractivity contribution is 5.66. The van der Waals surface area contributed by atoms with Crippen LogP contribution in [-0.4, -0.2) is 30.2 Å². The van der Waals surface area contributed by atoms with Crippen LogP contribution in [0.1, 0.15) is 43.0 Å². The fourth-order valence-corrected chi connectivity index (χ4v) is 2.60. The van der Waals surface area contributed by atoms with Crippen molar-refractivity contribution in [2.24, 2.45) is 0 Å². The number of nitrogens with one attached hydrogen (secondary N) is 2. The third kappa shape index (κ3) is 4.93. The number of hydrogen-bond donors (Lipinski definition) is 2. The van der Waals surface area contributed by atoms with Crippen LogP contribution in [0.25, 0.3) is 0 Å². The summed E-state index contributed by atoms with van der Waals surface area (Å²) in [4.78, 5) is 9.04. The SMILES string of the molecule is COCCCNc1nc(C)cc(Nc2c(C)cccc2C(C)C)n1. The van der Waals surface area contributed by atoms with Crippen LogP contribution < -0.4 is 10.6 Å². The Morgan fingerprint density at radius 3 is 2.67 bits per heavy atom. The predicted molar refractivity (Wildman–Crippen MR) is 100 cm³/mol. The van der Waals surface area contributed by atoms with E-state index in [-0.39, 0.29) is 0 Å². The summed E-state index contributed by atoms with van der Waals surface area (Å²) in [6.45, 7) is 10.0. The molecule has 5 heteroatoms. The standard InChI is InChI=1S/C19H28N4O/c1-13(2)16-9-6-8-14(3)18(16)22-17-12-15(4)21-19(23-17)20-10-7-11-24-5/h6,8-9,12-13H,7,10-11H2,1-5H3,(H2,20,21,22,23). The smallest absolute Gasteiger partial charge is 0.224 e. The van der Waals surface area contributed by atoms with Crippen molar-refractivity contribution in [1.29, 1.82) is 0 Å². The quantitative estimate of drug-likeness (QED) is 0.703. The largest absolute Gasteiger partial charge is 0.385 e. The molecule has 1 aromatic carbocycles. The van der Waals surface area contributed by atoms with Crippen molar-refractivity contribution in [3.8, 4) is 0 Å². The van der Waals surface area contributed by atoms with Gasteiger partial charge in [-0.05, 0) is 37.3 Å². The highest BCUT2D eigenvalue weighted by Gasteiger charge is 2.11. The maximum atomic E-state index is 5.06. The van der Waals surface area contributed by atoms with Crippen molar-refractivity contribution in [3.63, 3.8) is 0 Å². The van der Waals surface area contributed by atoms with Gasteiger partial charge >= 0.3 is 0 Å². The molecule has 1 aromatic heterocycles. The van der Waals surface area contributed by atoms with E-state index in [0.717, 1.165) is 36.8 Å². The molecule has 0 fully saturated rings. The molecule has 0 aliphatic carbocycles. The molecule has 0 aliphatic heterocycles. The maximum absolute atomic E-state index is 5.06. The van der Waals surface area contributed by atoms with E-state index in [2.05, 4.69) is 59.6 Å². The summed E-state index contributed by atoms with van der Waals surface area (Å²) in [5.41, 5.74) is 4.57. The van der Waals surface area contributed by atoms with E-state index < -0.39 is 0 Å². The molecular formula is C19H28N4O. The fourth-order valence-electron chi connectivity index (χ4n) is 2.60. The Balaban J connectivity index is 2.20. The van der Waals surface area contributed by atoms with E-state index in [9.17, 15) is 0 Å². The predicted octanol–water partition coefficient (Wildman–Crippen LogP) is 4.41. The Kier molecular flexibility index (Phi) is 6.55. The highest BCUT2D eigenvalue weighted by Crippen LogP contribution is 2.30.